The number of nitrogens with one attached hydrogen (secondary N) is 1. The lowest BCUT2D eigenvalue weighted by molar-refractivity contribution is 0.333. The van der Waals surface area contributed by atoms with E-state index in [1.165, 1.54) is 6.42 Å². The molecule has 0 aliphatic carbocycles. The molecule has 0 amide bonds. The molecule has 0 radical (unpaired) electrons. The second kappa shape index (κ2) is 6.11. The van der Waals surface area contributed by atoms with Crippen molar-refractivity contribution in [2.24, 2.45) is 0 Å². The third kappa shape index (κ3) is 3.12. The van der Waals surface area contributed by atoms with Crippen molar-refractivity contribution in [1.82, 2.24) is 4.90 Å². The lowest BCUT2D eigenvalue weighted by Gasteiger charge is -2.16. The highest BCUT2D eigenvalue weighted by atomic mass is 32.1. The van der Waals surface area contributed by atoms with Gasteiger partial charge in [0.15, 0.2) is 0 Å². The molecule has 0 saturated carbocycles. The maximum Gasteiger partial charge on any atom is 0.220 e. The maximum absolute atomic E-state index is 11.3. The van der Waals surface area contributed by atoms with Gasteiger partial charge in [0.1, 0.15) is 0 Å². The molecule has 90 valence electrons. The predicted octanol–water partition coefficient (Wildman–Crippen LogP) is 2.10. The van der Waals surface area contributed by atoms with Crippen LogP contribution in [-0.2, 0) is 0 Å². The SMILES string of the molecule is CCCN(C)CCCNc1c(C)c(=S)c1=O. The highest BCUT2D eigenvalue weighted by molar-refractivity contribution is 7.71. The maximum atomic E-state index is 11.3. The molecule has 0 aliphatic heterocycles. The van der Waals surface area contributed by atoms with E-state index in [0.29, 0.717) is 4.51 Å². The molecule has 0 saturated heterocycles. The van der Waals surface area contributed by atoms with Gasteiger partial charge >= 0.3 is 0 Å². The summed E-state index contributed by atoms with van der Waals surface area (Å²) in [5.74, 6) is 0. The summed E-state index contributed by atoms with van der Waals surface area (Å²) in [4.78, 5) is 13.6. The average Bonchev–Trinajstić information content (AvgIpc) is 2.28. The molecule has 0 atom stereocenters. The van der Waals surface area contributed by atoms with Crippen LogP contribution >= 0.6 is 12.2 Å². The number of rotatable bonds is 7. The van der Waals surface area contributed by atoms with Crippen LogP contribution in [0.15, 0.2) is 4.79 Å². The fourth-order valence-electron chi connectivity index (χ4n) is 1.77. The van der Waals surface area contributed by atoms with Crippen molar-refractivity contribution in [3.05, 3.63) is 20.3 Å². The molecule has 1 rings (SSSR count). The van der Waals surface area contributed by atoms with Crippen molar-refractivity contribution < 1.29 is 0 Å². The molecule has 1 aromatic carbocycles. The first-order chi connectivity index (χ1) is 7.57. The van der Waals surface area contributed by atoms with E-state index in [-0.39, 0.29) is 5.43 Å². The lowest BCUT2D eigenvalue weighted by atomic mass is 10.1. The summed E-state index contributed by atoms with van der Waals surface area (Å²) in [6, 6.07) is 0. The van der Waals surface area contributed by atoms with Gasteiger partial charge in [0.2, 0.25) is 5.43 Å². The zero-order valence-corrected chi connectivity index (χ0v) is 11.1. The number of nitrogens with zero attached hydrogens (tertiary/aromatic N) is 1. The summed E-state index contributed by atoms with van der Waals surface area (Å²) in [5, 5.41) is 3.16. The Kier molecular flexibility index (Phi) is 5.09. The minimum absolute atomic E-state index is 0.00872. The van der Waals surface area contributed by atoms with E-state index >= 15 is 0 Å². The van der Waals surface area contributed by atoms with Crippen LogP contribution in [-0.4, -0.2) is 31.6 Å². The van der Waals surface area contributed by atoms with Gasteiger partial charge in [-0.3, -0.25) is 4.79 Å². The Morgan fingerprint density at radius 1 is 1.38 bits per heavy atom. The summed E-state index contributed by atoms with van der Waals surface area (Å²) in [7, 11) is 2.12. The third-order valence-electron chi connectivity index (χ3n) is 2.77. The molecule has 16 heavy (non-hydrogen) atoms. The molecular formula is C12H20N2OS. The van der Waals surface area contributed by atoms with Gasteiger partial charge in [-0.05, 0) is 45.5 Å². The summed E-state index contributed by atoms with van der Waals surface area (Å²) >= 11 is 4.91. The molecule has 0 unspecified atom stereocenters. The van der Waals surface area contributed by atoms with Crippen LogP contribution in [0.5, 0.6) is 0 Å². The van der Waals surface area contributed by atoms with Crippen molar-refractivity contribution >= 4 is 17.9 Å². The van der Waals surface area contributed by atoms with E-state index in [1.54, 1.807) is 0 Å². The molecule has 3 nitrogen and oxygen atoms in total. The molecule has 0 aromatic heterocycles. The van der Waals surface area contributed by atoms with E-state index in [0.717, 1.165) is 37.3 Å². The Bertz CT molecular complexity index is 407. The Hall–Kier alpha value is -0.740. The van der Waals surface area contributed by atoms with Crippen LogP contribution in [0.25, 0.3) is 0 Å². The second-order valence-corrected chi connectivity index (χ2v) is 4.65. The van der Waals surface area contributed by atoms with E-state index in [9.17, 15) is 4.79 Å². The third-order valence-corrected chi connectivity index (χ3v) is 3.26. The van der Waals surface area contributed by atoms with Crippen molar-refractivity contribution in [2.45, 2.75) is 26.7 Å². The van der Waals surface area contributed by atoms with Crippen molar-refractivity contribution in [1.29, 1.82) is 0 Å². The van der Waals surface area contributed by atoms with E-state index in [1.807, 2.05) is 6.92 Å². The largest absolute Gasteiger partial charge is 0.382 e. The zero-order valence-electron chi connectivity index (χ0n) is 10.3. The summed E-state index contributed by atoms with van der Waals surface area (Å²) in [5.41, 5.74) is 1.68. The molecule has 0 bridgehead atoms. The predicted molar refractivity (Wildman–Crippen MR) is 71.5 cm³/mol. The van der Waals surface area contributed by atoms with Gasteiger partial charge in [-0.15, -0.1) is 0 Å². The van der Waals surface area contributed by atoms with E-state index in [2.05, 4.69) is 24.2 Å². The van der Waals surface area contributed by atoms with Crippen LogP contribution in [0.3, 0.4) is 0 Å². The highest BCUT2D eigenvalue weighted by Gasteiger charge is 2.12. The molecule has 0 spiro atoms. The van der Waals surface area contributed by atoms with Crippen molar-refractivity contribution in [3.63, 3.8) is 0 Å². The second-order valence-electron chi connectivity index (χ2n) is 4.24. The Morgan fingerprint density at radius 3 is 2.62 bits per heavy atom. The minimum atomic E-state index is 0.00872. The highest BCUT2D eigenvalue weighted by Crippen LogP contribution is 2.13. The van der Waals surface area contributed by atoms with Crippen molar-refractivity contribution in [2.75, 3.05) is 32.0 Å². The number of anilines is 1. The van der Waals surface area contributed by atoms with Crippen LogP contribution in [0, 0.1) is 11.4 Å². The first kappa shape index (κ1) is 13.3. The van der Waals surface area contributed by atoms with Gasteiger partial charge in [0, 0.05) is 6.54 Å². The molecule has 1 aromatic rings. The first-order valence-corrected chi connectivity index (χ1v) is 6.21. The lowest BCUT2D eigenvalue weighted by Crippen LogP contribution is -2.24. The zero-order chi connectivity index (χ0) is 12.1. The Labute approximate surface area is 102 Å². The monoisotopic (exact) mass is 240 g/mol. The minimum Gasteiger partial charge on any atom is -0.382 e. The van der Waals surface area contributed by atoms with Crippen LogP contribution in [0.2, 0.25) is 0 Å². The summed E-state index contributed by atoms with van der Waals surface area (Å²) in [6.07, 6.45) is 2.23. The van der Waals surface area contributed by atoms with Gasteiger partial charge in [-0.1, -0.05) is 19.1 Å². The normalized spacial score (nSPS) is 11.2. The Balaban J connectivity index is 2.22. The summed E-state index contributed by atoms with van der Waals surface area (Å²) < 4.78 is 0.491. The summed E-state index contributed by atoms with van der Waals surface area (Å²) in [6.45, 7) is 7.11. The molecular weight excluding hydrogens is 220 g/mol. The number of hydrogen-bond donors (Lipinski definition) is 1. The average molecular weight is 240 g/mol. The first-order valence-electron chi connectivity index (χ1n) is 5.80. The molecule has 1 N–H and O–H groups in total. The van der Waals surface area contributed by atoms with Gasteiger partial charge in [0.05, 0.1) is 10.2 Å². The molecule has 0 heterocycles. The van der Waals surface area contributed by atoms with Gasteiger partial charge in [-0.2, -0.15) is 0 Å². The fraction of sp³-hybridized carbons (Fsp3) is 0.667. The van der Waals surface area contributed by atoms with E-state index < -0.39 is 0 Å². The van der Waals surface area contributed by atoms with Gasteiger partial charge in [-0.25, -0.2) is 0 Å². The van der Waals surface area contributed by atoms with E-state index in [4.69, 9.17) is 12.2 Å². The topological polar surface area (TPSA) is 32.3 Å². The fourth-order valence-corrected chi connectivity index (χ4v) is 1.98. The van der Waals surface area contributed by atoms with Gasteiger partial charge in [0.25, 0.3) is 0 Å². The quantitative estimate of drug-likeness (QED) is 0.584. The van der Waals surface area contributed by atoms with Crippen molar-refractivity contribution in [3.8, 4) is 0 Å². The molecule has 0 aliphatic rings. The molecule has 0 fully saturated rings. The van der Waals surface area contributed by atoms with Crippen LogP contribution < -0.4 is 10.7 Å². The molecule has 4 heteroatoms. The van der Waals surface area contributed by atoms with Crippen LogP contribution in [0.1, 0.15) is 25.3 Å². The Morgan fingerprint density at radius 2 is 2.06 bits per heavy atom. The smallest absolute Gasteiger partial charge is 0.220 e. The van der Waals surface area contributed by atoms with Crippen LogP contribution in [0.4, 0.5) is 5.69 Å². The standard InChI is InChI=1S/C12H20N2OS/c1-4-7-14(3)8-5-6-13-10-9(2)12(16)11(10)15/h13H,4-8H2,1-3H3. The van der Waals surface area contributed by atoms with Gasteiger partial charge < -0.3 is 10.2 Å². The number of hydrogen-bond acceptors (Lipinski definition) is 4.